The predicted octanol–water partition coefficient (Wildman–Crippen LogP) is 4.55. The SMILES string of the molecule is Cc1ccc(-c2ccccc2-n2ncnn2)cc1N1C(=O)C(NCC(=O)C(N)CS)N=C(c2ccccc2)c2cc(Cl)ccc21. The second-order valence-corrected chi connectivity index (χ2v) is 11.3. The lowest BCUT2D eigenvalue weighted by Gasteiger charge is -2.28. The summed E-state index contributed by atoms with van der Waals surface area (Å²) in [6.45, 7) is 1.78. The number of aryl methyl sites for hydroxylation is 1. The van der Waals surface area contributed by atoms with Crippen LogP contribution in [0.2, 0.25) is 5.02 Å². The van der Waals surface area contributed by atoms with Crippen LogP contribution in [0.1, 0.15) is 16.7 Å². The molecule has 2 atom stereocenters. The van der Waals surface area contributed by atoms with Crippen LogP contribution >= 0.6 is 24.2 Å². The van der Waals surface area contributed by atoms with Crippen molar-refractivity contribution in [2.75, 3.05) is 17.2 Å². The molecule has 45 heavy (non-hydrogen) atoms. The van der Waals surface area contributed by atoms with Gasteiger partial charge in [0, 0.05) is 27.5 Å². The molecule has 6 rings (SSSR count). The van der Waals surface area contributed by atoms with Crippen molar-refractivity contribution in [3.63, 3.8) is 0 Å². The van der Waals surface area contributed by atoms with Crippen molar-refractivity contribution >= 4 is 53.0 Å². The summed E-state index contributed by atoms with van der Waals surface area (Å²) >= 11 is 10.7. The van der Waals surface area contributed by atoms with Crippen LogP contribution in [-0.4, -0.2) is 62.1 Å². The number of aromatic nitrogens is 4. The summed E-state index contributed by atoms with van der Waals surface area (Å²) in [6, 6.07) is 27.7. The van der Waals surface area contributed by atoms with Crippen LogP contribution in [0.3, 0.4) is 0 Å². The molecule has 12 heteroatoms. The Bertz CT molecular complexity index is 1900. The molecule has 0 saturated carbocycles. The number of hydrogen-bond acceptors (Lipinski definition) is 9. The number of Topliss-reactive ketones (excluding diaryl/α,β-unsaturated/α-hetero) is 1. The van der Waals surface area contributed by atoms with Crippen molar-refractivity contribution in [1.82, 2.24) is 25.5 Å². The minimum atomic E-state index is -1.11. The minimum Gasteiger partial charge on any atom is -0.321 e. The van der Waals surface area contributed by atoms with E-state index >= 15 is 0 Å². The van der Waals surface area contributed by atoms with Crippen LogP contribution in [0, 0.1) is 6.92 Å². The number of nitrogens with two attached hydrogens (primary N) is 1. The molecule has 0 saturated heterocycles. The number of rotatable bonds is 9. The maximum atomic E-state index is 14.6. The number of hydrogen-bond donors (Lipinski definition) is 3. The van der Waals surface area contributed by atoms with Gasteiger partial charge in [-0.1, -0.05) is 72.3 Å². The van der Waals surface area contributed by atoms with E-state index in [1.54, 1.807) is 17.0 Å². The van der Waals surface area contributed by atoms with Crippen LogP contribution in [0.5, 0.6) is 0 Å². The zero-order valence-corrected chi connectivity index (χ0v) is 25.9. The second-order valence-electron chi connectivity index (χ2n) is 10.5. The lowest BCUT2D eigenvalue weighted by Crippen LogP contribution is -2.48. The Morgan fingerprint density at radius 2 is 1.73 bits per heavy atom. The summed E-state index contributed by atoms with van der Waals surface area (Å²) in [5.41, 5.74) is 12.4. The number of para-hydroxylation sites is 1. The maximum absolute atomic E-state index is 14.6. The van der Waals surface area contributed by atoms with Crippen molar-refractivity contribution in [3.8, 4) is 16.8 Å². The van der Waals surface area contributed by atoms with Gasteiger partial charge in [-0.15, -0.1) is 15.0 Å². The molecule has 1 aromatic heterocycles. The number of fused-ring (bicyclic) bond motifs is 1. The Hall–Kier alpha value is -4.68. The number of carbonyl (C=O) groups is 2. The molecule has 2 unspecified atom stereocenters. The van der Waals surface area contributed by atoms with E-state index in [0.29, 0.717) is 27.7 Å². The number of anilines is 2. The van der Waals surface area contributed by atoms with Gasteiger partial charge in [-0.3, -0.25) is 24.8 Å². The molecule has 0 bridgehead atoms. The van der Waals surface area contributed by atoms with Crippen LogP contribution in [-0.2, 0) is 9.59 Å². The van der Waals surface area contributed by atoms with Crippen LogP contribution < -0.4 is 16.0 Å². The summed E-state index contributed by atoms with van der Waals surface area (Å²) in [4.78, 5) is 35.3. The maximum Gasteiger partial charge on any atom is 0.271 e. The third-order valence-corrected chi connectivity index (χ3v) is 8.15. The smallest absolute Gasteiger partial charge is 0.271 e. The lowest BCUT2D eigenvalue weighted by atomic mass is 9.98. The van der Waals surface area contributed by atoms with Gasteiger partial charge in [0.15, 0.2) is 18.3 Å². The highest BCUT2D eigenvalue weighted by atomic mass is 35.5. The first kappa shape index (κ1) is 30.4. The third kappa shape index (κ3) is 6.16. The number of thiol groups is 1. The summed E-state index contributed by atoms with van der Waals surface area (Å²) in [7, 11) is 0. The van der Waals surface area contributed by atoms with Gasteiger partial charge in [0.25, 0.3) is 5.91 Å². The normalized spacial score (nSPS) is 15.3. The molecular formula is C33H29ClN8O2S. The highest BCUT2D eigenvalue weighted by Crippen LogP contribution is 2.39. The van der Waals surface area contributed by atoms with Crippen molar-refractivity contribution in [2.45, 2.75) is 19.1 Å². The van der Waals surface area contributed by atoms with Crippen molar-refractivity contribution in [2.24, 2.45) is 10.7 Å². The number of benzodiazepines with no additional fused rings is 1. The average molecular weight is 637 g/mol. The van der Waals surface area contributed by atoms with E-state index in [-0.39, 0.29) is 24.0 Å². The number of amides is 1. The van der Waals surface area contributed by atoms with E-state index < -0.39 is 12.2 Å². The Morgan fingerprint density at radius 1 is 0.956 bits per heavy atom. The molecule has 3 N–H and O–H groups in total. The van der Waals surface area contributed by atoms with Crippen LogP contribution in [0.25, 0.3) is 16.8 Å². The van der Waals surface area contributed by atoms with E-state index in [9.17, 15) is 9.59 Å². The fourth-order valence-corrected chi connectivity index (χ4v) is 5.59. The van der Waals surface area contributed by atoms with Gasteiger partial charge in [-0.2, -0.15) is 12.6 Å². The molecule has 1 aliphatic rings. The molecule has 1 amide bonds. The molecule has 0 spiro atoms. The van der Waals surface area contributed by atoms with Crippen molar-refractivity contribution in [1.29, 1.82) is 0 Å². The monoisotopic (exact) mass is 636 g/mol. The molecule has 2 heterocycles. The zero-order valence-electron chi connectivity index (χ0n) is 24.2. The largest absolute Gasteiger partial charge is 0.321 e. The summed E-state index contributed by atoms with van der Waals surface area (Å²) < 4.78 is 0. The number of ketones is 1. The third-order valence-electron chi connectivity index (χ3n) is 7.52. The quantitative estimate of drug-likeness (QED) is 0.202. The Balaban J connectivity index is 1.52. The first-order valence-electron chi connectivity index (χ1n) is 14.2. The van der Waals surface area contributed by atoms with Crippen molar-refractivity contribution < 1.29 is 9.59 Å². The fourth-order valence-electron chi connectivity index (χ4n) is 5.21. The van der Waals surface area contributed by atoms with E-state index in [1.165, 1.54) is 11.1 Å². The van der Waals surface area contributed by atoms with E-state index in [0.717, 1.165) is 27.9 Å². The number of nitrogens with one attached hydrogen (secondary N) is 1. The Morgan fingerprint density at radius 3 is 2.49 bits per heavy atom. The summed E-state index contributed by atoms with van der Waals surface area (Å²) in [5.74, 6) is -0.462. The Kier molecular flexibility index (Phi) is 8.85. The molecule has 1 aliphatic heterocycles. The van der Waals surface area contributed by atoms with E-state index in [1.807, 2.05) is 85.8 Å². The molecule has 10 nitrogen and oxygen atoms in total. The van der Waals surface area contributed by atoms with Crippen molar-refractivity contribution in [3.05, 3.63) is 119 Å². The molecule has 0 fully saturated rings. The van der Waals surface area contributed by atoms with E-state index in [4.69, 9.17) is 22.3 Å². The molecular weight excluding hydrogens is 608 g/mol. The predicted molar refractivity (Wildman–Crippen MR) is 179 cm³/mol. The lowest BCUT2D eigenvalue weighted by molar-refractivity contribution is -0.121. The first-order chi connectivity index (χ1) is 21.9. The number of tetrazole rings is 1. The molecule has 0 aliphatic carbocycles. The second kappa shape index (κ2) is 13.1. The van der Waals surface area contributed by atoms with Gasteiger partial charge in [0.1, 0.15) is 0 Å². The van der Waals surface area contributed by atoms with Gasteiger partial charge in [-0.25, -0.2) is 0 Å². The van der Waals surface area contributed by atoms with Gasteiger partial charge in [0.2, 0.25) is 0 Å². The molecule has 4 aromatic carbocycles. The topological polar surface area (TPSA) is 131 Å². The highest BCUT2D eigenvalue weighted by molar-refractivity contribution is 7.80. The number of benzene rings is 4. The zero-order chi connectivity index (χ0) is 31.5. The van der Waals surface area contributed by atoms with Crippen LogP contribution in [0.15, 0.2) is 102 Å². The number of nitrogens with zero attached hydrogens (tertiary/aromatic N) is 6. The number of aliphatic imine (C=N–C) groups is 1. The van der Waals surface area contributed by atoms with E-state index in [2.05, 4.69) is 33.4 Å². The molecule has 5 aromatic rings. The standard InChI is InChI=1S/C33H29ClN8O2S/c1-20-11-12-22(24-9-5-6-10-28(24)42-38-19-37-40-42)15-29(20)41-27-14-13-23(34)16-25(27)31(21-7-3-2-4-8-21)39-32(33(41)44)36-17-30(43)26(35)18-45/h2-16,19,26,32,36,45H,17-18,35H2,1H3. The van der Waals surface area contributed by atoms with Gasteiger partial charge in [-0.05, 0) is 53.6 Å². The Labute approximate surface area is 270 Å². The molecule has 226 valence electrons. The number of carbonyl (C=O) groups excluding carboxylic acids is 2. The number of halogens is 1. The van der Waals surface area contributed by atoms with Gasteiger partial charge >= 0.3 is 0 Å². The van der Waals surface area contributed by atoms with Crippen LogP contribution in [0.4, 0.5) is 11.4 Å². The van der Waals surface area contributed by atoms with Gasteiger partial charge < -0.3 is 5.73 Å². The average Bonchev–Trinajstić information content (AvgIpc) is 3.58. The summed E-state index contributed by atoms with van der Waals surface area (Å²) in [6.07, 6.45) is 0.262. The minimum absolute atomic E-state index is 0.161. The first-order valence-corrected chi connectivity index (χ1v) is 15.2. The van der Waals surface area contributed by atoms with Gasteiger partial charge in [0.05, 0.1) is 35.4 Å². The fraction of sp³-hybridized carbons (Fsp3) is 0.152. The summed E-state index contributed by atoms with van der Waals surface area (Å²) in [5, 5.41) is 15.7. The highest BCUT2D eigenvalue weighted by Gasteiger charge is 2.34. The molecule has 0 radical (unpaired) electrons.